The minimum absolute atomic E-state index is 0.161. The fourth-order valence-corrected chi connectivity index (χ4v) is 1.64. The van der Waals surface area contributed by atoms with E-state index in [4.69, 9.17) is 5.11 Å². The summed E-state index contributed by atoms with van der Waals surface area (Å²) in [6, 6.07) is 7.24. The van der Waals surface area contributed by atoms with Crippen molar-refractivity contribution in [3.05, 3.63) is 35.9 Å². The molecule has 2 N–H and O–H groups in total. The number of hydrogen-bond acceptors (Lipinski definition) is 4. The molecule has 7 nitrogen and oxygen atoms in total. The van der Waals surface area contributed by atoms with Gasteiger partial charge in [-0.3, -0.25) is 4.79 Å². The monoisotopic (exact) mass is 294 g/mol. The number of rotatable bonds is 6. The van der Waals surface area contributed by atoms with Gasteiger partial charge in [0.25, 0.3) is 0 Å². The Bertz CT molecular complexity index is 503. The molecule has 0 saturated carbocycles. The number of methoxy groups -OCH3 is 1. The van der Waals surface area contributed by atoms with Crippen LogP contribution in [0, 0.1) is 0 Å². The zero-order chi connectivity index (χ0) is 15.8. The molecule has 21 heavy (non-hydrogen) atoms. The Morgan fingerprint density at radius 2 is 1.90 bits per heavy atom. The standard InChI is InChI=1S/C14H18N2O5/c1-16(9-12(17)21-2)14(20)15-11(13(18)19)8-10-6-4-3-5-7-10/h3-7,11H,8-9H2,1-2H3,(H,15,20)(H,18,19). The zero-order valence-corrected chi connectivity index (χ0v) is 11.9. The van der Waals surface area contributed by atoms with Gasteiger partial charge in [-0.2, -0.15) is 0 Å². The number of ether oxygens (including phenoxy) is 1. The van der Waals surface area contributed by atoms with Crippen LogP contribution in [0.15, 0.2) is 30.3 Å². The molecule has 0 fully saturated rings. The Morgan fingerprint density at radius 1 is 1.29 bits per heavy atom. The summed E-state index contributed by atoms with van der Waals surface area (Å²) in [5, 5.41) is 11.5. The Kier molecular flexibility index (Phi) is 6.19. The first kappa shape index (κ1) is 16.5. The van der Waals surface area contributed by atoms with E-state index in [0.717, 1.165) is 10.5 Å². The van der Waals surface area contributed by atoms with Gasteiger partial charge in [0.15, 0.2) is 0 Å². The normalized spacial score (nSPS) is 11.3. The van der Waals surface area contributed by atoms with E-state index in [1.54, 1.807) is 24.3 Å². The van der Waals surface area contributed by atoms with Crippen LogP contribution in [0.3, 0.4) is 0 Å². The highest BCUT2D eigenvalue weighted by Gasteiger charge is 2.23. The van der Waals surface area contributed by atoms with E-state index in [0.29, 0.717) is 0 Å². The molecular weight excluding hydrogens is 276 g/mol. The largest absolute Gasteiger partial charge is 0.480 e. The van der Waals surface area contributed by atoms with Gasteiger partial charge in [0.2, 0.25) is 0 Å². The number of esters is 1. The molecule has 1 unspecified atom stereocenters. The second kappa shape index (κ2) is 7.88. The molecule has 1 aromatic carbocycles. The number of hydrogen-bond donors (Lipinski definition) is 2. The van der Waals surface area contributed by atoms with Gasteiger partial charge in [0, 0.05) is 13.5 Å². The van der Waals surface area contributed by atoms with Gasteiger partial charge < -0.3 is 20.1 Å². The van der Waals surface area contributed by atoms with E-state index < -0.39 is 24.0 Å². The third kappa shape index (κ3) is 5.52. The van der Waals surface area contributed by atoms with Gasteiger partial charge in [0.1, 0.15) is 12.6 Å². The van der Waals surface area contributed by atoms with E-state index in [2.05, 4.69) is 10.1 Å². The molecule has 1 aromatic rings. The molecule has 0 heterocycles. The predicted octanol–water partition coefficient (Wildman–Crippen LogP) is 0.497. The van der Waals surface area contributed by atoms with Crippen LogP contribution in [0.1, 0.15) is 5.56 Å². The first-order valence-corrected chi connectivity index (χ1v) is 6.29. The Balaban J connectivity index is 2.64. The van der Waals surface area contributed by atoms with Crippen LogP contribution < -0.4 is 5.32 Å². The Morgan fingerprint density at radius 3 is 2.43 bits per heavy atom. The fraction of sp³-hybridized carbons (Fsp3) is 0.357. The maximum absolute atomic E-state index is 11.8. The summed E-state index contributed by atoms with van der Waals surface area (Å²) in [4.78, 5) is 35.2. The van der Waals surface area contributed by atoms with Crippen molar-refractivity contribution >= 4 is 18.0 Å². The molecule has 0 aliphatic rings. The number of urea groups is 1. The molecule has 0 aromatic heterocycles. The number of carboxylic acids is 1. The van der Waals surface area contributed by atoms with Gasteiger partial charge in [-0.25, -0.2) is 9.59 Å². The van der Waals surface area contributed by atoms with E-state index in [9.17, 15) is 14.4 Å². The molecule has 0 aliphatic heterocycles. The number of amides is 2. The quantitative estimate of drug-likeness (QED) is 0.745. The van der Waals surface area contributed by atoms with Crippen LogP contribution in [0.4, 0.5) is 4.79 Å². The second-order valence-corrected chi connectivity index (χ2v) is 4.46. The van der Waals surface area contributed by atoms with Gasteiger partial charge in [-0.15, -0.1) is 0 Å². The zero-order valence-electron chi connectivity index (χ0n) is 11.9. The third-order valence-electron chi connectivity index (χ3n) is 2.82. The maximum atomic E-state index is 11.8. The smallest absolute Gasteiger partial charge is 0.326 e. The van der Waals surface area contributed by atoms with Crippen LogP contribution in [-0.2, 0) is 20.7 Å². The number of nitrogens with one attached hydrogen (secondary N) is 1. The fourth-order valence-electron chi connectivity index (χ4n) is 1.64. The van der Waals surface area contributed by atoms with E-state index in [1.165, 1.54) is 14.2 Å². The molecule has 0 radical (unpaired) electrons. The highest BCUT2D eigenvalue weighted by molar-refractivity contribution is 5.85. The summed E-state index contributed by atoms with van der Waals surface area (Å²) in [6.45, 7) is -0.250. The number of carbonyl (C=O) groups excluding carboxylic acids is 2. The molecular formula is C14H18N2O5. The van der Waals surface area contributed by atoms with Crippen molar-refractivity contribution in [1.29, 1.82) is 0 Å². The first-order valence-electron chi connectivity index (χ1n) is 6.29. The minimum Gasteiger partial charge on any atom is -0.480 e. The van der Waals surface area contributed by atoms with Gasteiger partial charge >= 0.3 is 18.0 Å². The SMILES string of the molecule is COC(=O)CN(C)C(=O)NC(Cc1ccccc1)C(=O)O. The molecule has 2 amide bonds. The average Bonchev–Trinajstić information content (AvgIpc) is 2.47. The number of carbonyl (C=O) groups is 3. The van der Waals surface area contributed by atoms with Crippen LogP contribution >= 0.6 is 0 Å². The highest BCUT2D eigenvalue weighted by Crippen LogP contribution is 2.04. The highest BCUT2D eigenvalue weighted by atomic mass is 16.5. The first-order chi connectivity index (χ1) is 9.93. The van der Waals surface area contributed by atoms with Crippen LogP contribution in [0.2, 0.25) is 0 Å². The molecule has 0 saturated heterocycles. The van der Waals surface area contributed by atoms with Crippen molar-refractivity contribution < 1.29 is 24.2 Å². The third-order valence-corrected chi connectivity index (χ3v) is 2.82. The maximum Gasteiger partial charge on any atom is 0.326 e. The van der Waals surface area contributed by atoms with E-state index in [-0.39, 0.29) is 13.0 Å². The van der Waals surface area contributed by atoms with Crippen molar-refractivity contribution in [2.45, 2.75) is 12.5 Å². The van der Waals surface area contributed by atoms with Gasteiger partial charge in [-0.1, -0.05) is 30.3 Å². The summed E-state index contributed by atoms with van der Waals surface area (Å²) in [6.07, 6.45) is 0.161. The van der Waals surface area contributed by atoms with E-state index in [1.807, 2.05) is 6.07 Å². The number of nitrogens with zero attached hydrogens (tertiary/aromatic N) is 1. The van der Waals surface area contributed by atoms with Gasteiger partial charge in [-0.05, 0) is 5.56 Å². The lowest BCUT2D eigenvalue weighted by molar-refractivity contribution is -0.141. The van der Waals surface area contributed by atoms with Crippen molar-refractivity contribution in [2.75, 3.05) is 20.7 Å². The summed E-state index contributed by atoms with van der Waals surface area (Å²) >= 11 is 0. The molecule has 0 aliphatic carbocycles. The Hall–Kier alpha value is -2.57. The minimum atomic E-state index is -1.14. The van der Waals surface area contributed by atoms with Crippen LogP contribution in [-0.4, -0.2) is 54.7 Å². The lowest BCUT2D eigenvalue weighted by Crippen LogP contribution is -2.48. The molecule has 0 spiro atoms. The number of benzene rings is 1. The predicted molar refractivity (Wildman–Crippen MR) is 74.7 cm³/mol. The molecule has 1 rings (SSSR count). The molecule has 1 atom stereocenters. The summed E-state index contributed by atoms with van der Waals surface area (Å²) in [7, 11) is 2.59. The number of carboxylic acid groups (broad SMARTS) is 1. The number of aliphatic carboxylic acids is 1. The van der Waals surface area contributed by atoms with Crippen LogP contribution in [0.5, 0.6) is 0 Å². The van der Waals surface area contributed by atoms with Crippen molar-refractivity contribution in [3.8, 4) is 0 Å². The lowest BCUT2D eigenvalue weighted by atomic mass is 10.1. The second-order valence-electron chi connectivity index (χ2n) is 4.46. The molecule has 7 heteroatoms. The lowest BCUT2D eigenvalue weighted by Gasteiger charge is -2.20. The molecule has 0 bridgehead atoms. The van der Waals surface area contributed by atoms with Crippen molar-refractivity contribution in [1.82, 2.24) is 10.2 Å². The van der Waals surface area contributed by atoms with Gasteiger partial charge in [0.05, 0.1) is 7.11 Å². The number of likely N-dealkylation sites (N-methyl/N-ethyl adjacent to an activating group) is 1. The van der Waals surface area contributed by atoms with Crippen molar-refractivity contribution in [2.24, 2.45) is 0 Å². The Labute approximate surface area is 122 Å². The summed E-state index contributed by atoms with van der Waals surface area (Å²) in [5.41, 5.74) is 0.792. The summed E-state index contributed by atoms with van der Waals surface area (Å²) < 4.78 is 4.44. The van der Waals surface area contributed by atoms with Crippen LogP contribution in [0.25, 0.3) is 0 Å². The molecule has 114 valence electrons. The topological polar surface area (TPSA) is 95.9 Å². The average molecular weight is 294 g/mol. The van der Waals surface area contributed by atoms with Crippen molar-refractivity contribution in [3.63, 3.8) is 0 Å². The van der Waals surface area contributed by atoms with E-state index >= 15 is 0 Å². The summed E-state index contributed by atoms with van der Waals surface area (Å²) in [5.74, 6) is -1.72.